The van der Waals surface area contributed by atoms with E-state index >= 15 is 22.0 Å². The Kier molecular flexibility index (Phi) is 5.37. The summed E-state index contributed by atoms with van der Waals surface area (Å²) in [6.07, 6.45) is 0. The molecule has 0 N–H and O–H groups in total. The van der Waals surface area contributed by atoms with Crippen LogP contribution in [0.3, 0.4) is 0 Å². The first-order chi connectivity index (χ1) is 20.0. The molecule has 0 saturated heterocycles. The molecule has 200 valence electrons. The Bertz CT molecular complexity index is 2330. The molecule has 2 heterocycles. The van der Waals surface area contributed by atoms with E-state index in [0.29, 0.717) is 0 Å². The number of aryl methyl sites for hydroxylation is 1. The van der Waals surface area contributed by atoms with E-state index in [1.54, 1.807) is 6.07 Å². The van der Waals surface area contributed by atoms with E-state index in [0.717, 1.165) is 6.92 Å². The van der Waals surface area contributed by atoms with Crippen LogP contribution >= 0.6 is 0 Å². The molecule has 42 heavy (non-hydrogen) atoms. The fourth-order valence-electron chi connectivity index (χ4n) is 5.01. The molecule has 0 aliphatic rings. The second-order valence-electron chi connectivity index (χ2n) is 8.76. The Morgan fingerprint density at radius 1 is 0.381 bits per heavy atom. The summed E-state index contributed by atoms with van der Waals surface area (Å²) in [5.74, 6) is -14.1. The molecule has 0 fully saturated rings. The van der Waals surface area contributed by atoms with Crippen molar-refractivity contribution < 1.29 is 30.7 Å². The Morgan fingerprint density at radius 3 is 0.976 bits per heavy atom. The molecule has 15 heteroatoms. The van der Waals surface area contributed by atoms with Gasteiger partial charge in [0.1, 0.15) is 40.8 Å². The molecule has 0 aliphatic carbocycles. The second kappa shape index (κ2) is 8.65. The van der Waals surface area contributed by atoms with Gasteiger partial charge in [-0.2, -0.15) is 21.0 Å². The van der Waals surface area contributed by atoms with Gasteiger partial charge in [-0.05, 0) is 12.5 Å². The van der Waals surface area contributed by atoms with Crippen molar-refractivity contribution in [2.45, 2.75) is 6.92 Å². The van der Waals surface area contributed by atoms with Gasteiger partial charge >= 0.3 is 0 Å². The van der Waals surface area contributed by atoms with E-state index in [1.165, 1.54) is 18.2 Å². The van der Waals surface area contributed by atoms with Crippen LogP contribution in [-0.4, -0.2) is 19.9 Å². The first-order valence-electron chi connectivity index (χ1n) is 11.3. The third-order valence-corrected chi connectivity index (χ3v) is 6.74. The van der Waals surface area contributed by atoms with Crippen LogP contribution in [0.5, 0.6) is 0 Å². The summed E-state index contributed by atoms with van der Waals surface area (Å²) in [6, 6.07) is 6.01. The van der Waals surface area contributed by atoms with Gasteiger partial charge in [-0.1, -0.05) is 0 Å². The summed E-state index contributed by atoms with van der Waals surface area (Å²) in [6.45, 7) is 1.14. The quantitative estimate of drug-likeness (QED) is 0.0729. The van der Waals surface area contributed by atoms with Crippen molar-refractivity contribution in [3.05, 3.63) is 69.1 Å². The number of hydrogen-bond acceptors (Lipinski definition) is 8. The molecular weight excluding hydrogens is 569 g/mol. The van der Waals surface area contributed by atoms with Crippen LogP contribution in [-0.2, 0) is 0 Å². The van der Waals surface area contributed by atoms with Gasteiger partial charge in [-0.15, -0.1) is 0 Å². The van der Waals surface area contributed by atoms with E-state index in [9.17, 15) is 29.8 Å². The molecule has 0 unspecified atom stereocenters. The lowest BCUT2D eigenvalue weighted by atomic mass is 9.89. The van der Waals surface area contributed by atoms with Gasteiger partial charge in [0.25, 0.3) is 0 Å². The summed E-state index contributed by atoms with van der Waals surface area (Å²) in [7, 11) is 0. The SMILES string of the molecule is Cc1c2nc(C#N)c(C#N)nc2c(F)c2c3c(F)c(F)c(F)c(F)c3c3c(F)c4nc(C#N)c(C#N)nc4c(F)c3c12. The highest BCUT2D eigenvalue weighted by molar-refractivity contribution is 6.30. The number of halogens is 7. The van der Waals surface area contributed by atoms with Crippen LogP contribution in [0.2, 0.25) is 0 Å². The normalized spacial score (nSPS) is 11.2. The number of rotatable bonds is 0. The average Bonchev–Trinajstić information content (AvgIpc) is 3.01. The van der Waals surface area contributed by atoms with Crippen molar-refractivity contribution in [3.8, 4) is 24.3 Å². The zero-order valence-electron chi connectivity index (χ0n) is 20.2. The Balaban J connectivity index is 2.11. The van der Waals surface area contributed by atoms with Crippen LogP contribution < -0.4 is 0 Å². The fourth-order valence-corrected chi connectivity index (χ4v) is 5.01. The van der Waals surface area contributed by atoms with E-state index in [2.05, 4.69) is 19.9 Å². The highest BCUT2D eigenvalue weighted by Crippen LogP contribution is 2.46. The number of benzene rings is 4. The second-order valence-corrected chi connectivity index (χ2v) is 8.76. The molecule has 0 saturated carbocycles. The maximum atomic E-state index is 16.3. The summed E-state index contributed by atoms with van der Waals surface area (Å²) in [4.78, 5) is 14.8. The number of aromatic nitrogens is 4. The van der Waals surface area contributed by atoms with Crippen LogP contribution in [0.25, 0.3) is 54.4 Å². The minimum absolute atomic E-state index is 0.314. The van der Waals surface area contributed by atoms with E-state index in [-0.39, 0.29) is 5.56 Å². The molecule has 6 aromatic rings. The lowest BCUT2D eigenvalue weighted by molar-refractivity contribution is 0.418. The largest absolute Gasteiger partial charge is 0.232 e. The fraction of sp³-hybridized carbons (Fsp3) is 0.0370. The summed E-state index contributed by atoms with van der Waals surface area (Å²) in [5, 5.41) is 30.5. The molecule has 4 aromatic carbocycles. The van der Waals surface area contributed by atoms with Crippen molar-refractivity contribution in [1.82, 2.24) is 19.9 Å². The van der Waals surface area contributed by atoms with E-state index in [1.807, 2.05) is 0 Å². The van der Waals surface area contributed by atoms with Gasteiger partial charge in [0.2, 0.25) is 0 Å². The lowest BCUT2D eigenvalue weighted by Gasteiger charge is -2.18. The molecule has 6 rings (SSSR count). The van der Waals surface area contributed by atoms with Crippen molar-refractivity contribution >= 4 is 54.4 Å². The van der Waals surface area contributed by atoms with Gasteiger partial charge in [-0.25, -0.2) is 50.7 Å². The van der Waals surface area contributed by atoms with Crippen molar-refractivity contribution in [3.63, 3.8) is 0 Å². The van der Waals surface area contributed by atoms with Gasteiger partial charge in [0.05, 0.1) is 5.52 Å². The van der Waals surface area contributed by atoms with Gasteiger partial charge < -0.3 is 0 Å². The minimum Gasteiger partial charge on any atom is -0.232 e. The molecular formula is C27H3F7N8. The van der Waals surface area contributed by atoms with E-state index < -0.39 is 118 Å². The smallest absolute Gasteiger partial charge is 0.198 e. The van der Waals surface area contributed by atoms with Crippen LogP contribution in [0.15, 0.2) is 0 Å². The first kappa shape index (κ1) is 26.1. The van der Waals surface area contributed by atoms with Crippen LogP contribution in [0, 0.1) is 93.0 Å². The molecule has 0 atom stereocenters. The standard InChI is InChI=1S/C27H3F7N8/c1-6-11-12(19(30)25-24(6)39-7(2-35)8(3-36)40-25)14-15(18(29)23(34)22(33)17(14)28)16-13(11)20(31)26-27(21(16)32)42-10(5-38)9(4-37)41-26/h1H3. The van der Waals surface area contributed by atoms with Crippen LogP contribution in [0.4, 0.5) is 30.7 Å². The zero-order chi connectivity index (χ0) is 30.4. The van der Waals surface area contributed by atoms with Crippen molar-refractivity contribution in [2.24, 2.45) is 0 Å². The molecule has 0 bridgehead atoms. The zero-order valence-corrected chi connectivity index (χ0v) is 20.2. The highest BCUT2D eigenvalue weighted by Gasteiger charge is 2.33. The lowest BCUT2D eigenvalue weighted by Crippen LogP contribution is -2.07. The molecule has 0 aliphatic heterocycles. The molecule has 0 radical (unpaired) electrons. The molecule has 0 amide bonds. The summed E-state index contributed by atoms with van der Waals surface area (Å²) < 4.78 is 109. The van der Waals surface area contributed by atoms with Gasteiger partial charge in [0, 0.05) is 32.3 Å². The number of nitriles is 4. The minimum atomic E-state index is -2.42. The van der Waals surface area contributed by atoms with Gasteiger partial charge in [0.15, 0.2) is 63.5 Å². The number of fused-ring (bicyclic) bond motifs is 8. The van der Waals surface area contributed by atoms with Gasteiger partial charge in [-0.3, -0.25) is 0 Å². The Labute approximate surface area is 226 Å². The predicted octanol–water partition coefficient (Wildman–Crippen LogP) is 5.80. The molecule has 2 aromatic heterocycles. The van der Waals surface area contributed by atoms with Crippen molar-refractivity contribution in [2.75, 3.05) is 0 Å². The monoisotopic (exact) mass is 572 g/mol. The first-order valence-corrected chi connectivity index (χ1v) is 11.3. The third-order valence-electron chi connectivity index (χ3n) is 6.74. The maximum Gasteiger partial charge on any atom is 0.198 e. The number of hydrogen-bond donors (Lipinski definition) is 0. The van der Waals surface area contributed by atoms with Crippen LogP contribution in [0.1, 0.15) is 28.3 Å². The summed E-state index contributed by atoms with van der Waals surface area (Å²) >= 11 is 0. The Hall–Kier alpha value is -6.19. The maximum absolute atomic E-state index is 16.3. The highest BCUT2D eigenvalue weighted by atomic mass is 19.2. The molecule has 8 nitrogen and oxygen atoms in total. The van der Waals surface area contributed by atoms with Crippen molar-refractivity contribution in [1.29, 1.82) is 21.0 Å². The van der Waals surface area contributed by atoms with E-state index in [4.69, 9.17) is 0 Å². The Morgan fingerprint density at radius 2 is 0.643 bits per heavy atom. The number of nitrogens with zero attached hydrogens (tertiary/aromatic N) is 8. The third kappa shape index (κ3) is 3.02. The average molecular weight is 572 g/mol. The molecule has 0 spiro atoms. The topological polar surface area (TPSA) is 147 Å². The predicted molar refractivity (Wildman–Crippen MR) is 128 cm³/mol. The summed E-state index contributed by atoms with van der Waals surface area (Å²) in [5.41, 5.74) is -6.40.